The molecule has 6 nitrogen and oxygen atoms in total. The number of para-hydroxylation sites is 1. The lowest BCUT2D eigenvalue weighted by molar-refractivity contribution is 0.146. The number of nitrogens with one attached hydrogen (secondary N) is 1. The zero-order valence-electron chi connectivity index (χ0n) is 21.9. The van der Waals surface area contributed by atoms with Crippen LogP contribution < -0.4 is 15.0 Å². The van der Waals surface area contributed by atoms with E-state index in [1.807, 2.05) is 42.6 Å². The van der Waals surface area contributed by atoms with Gasteiger partial charge in [0.15, 0.2) is 5.11 Å². The molecule has 0 amide bonds. The Hall–Kier alpha value is -3.39. The van der Waals surface area contributed by atoms with Crippen LogP contribution in [0.4, 0.5) is 5.69 Å². The van der Waals surface area contributed by atoms with Gasteiger partial charge in [-0.2, -0.15) is 0 Å². The van der Waals surface area contributed by atoms with Crippen LogP contribution in [0.3, 0.4) is 0 Å². The number of halogens is 1. The molecule has 1 N–H and O–H groups in total. The first-order chi connectivity index (χ1) is 18.4. The SMILES string of the molecule is COCCOc1ccc(N2C(=S)N[C@H](c3ccccn3)[C@H]2c2cc(C)n(-c3ccccc3C)c2C)cc1Cl. The number of aromatic nitrogens is 2. The van der Waals surface area contributed by atoms with E-state index in [-0.39, 0.29) is 12.1 Å². The van der Waals surface area contributed by atoms with Gasteiger partial charge in [-0.1, -0.05) is 35.9 Å². The topological polar surface area (TPSA) is 51.6 Å². The molecule has 0 radical (unpaired) electrons. The predicted octanol–water partition coefficient (Wildman–Crippen LogP) is 6.65. The first-order valence-corrected chi connectivity index (χ1v) is 13.4. The maximum absolute atomic E-state index is 6.67. The van der Waals surface area contributed by atoms with E-state index in [9.17, 15) is 0 Å². The average molecular weight is 547 g/mol. The van der Waals surface area contributed by atoms with Crippen molar-refractivity contribution in [3.8, 4) is 11.4 Å². The maximum atomic E-state index is 6.67. The van der Waals surface area contributed by atoms with Crippen molar-refractivity contribution >= 4 is 34.6 Å². The maximum Gasteiger partial charge on any atom is 0.174 e. The Morgan fingerprint density at radius 1 is 1.00 bits per heavy atom. The quantitative estimate of drug-likeness (QED) is 0.197. The number of rotatable bonds is 8. The highest BCUT2D eigenvalue weighted by molar-refractivity contribution is 7.80. The van der Waals surface area contributed by atoms with Gasteiger partial charge in [0.05, 0.1) is 29.4 Å². The van der Waals surface area contributed by atoms with Gasteiger partial charge in [-0.05, 0) is 86.6 Å². The molecular formula is C30H31ClN4O2S. The van der Waals surface area contributed by atoms with Crippen molar-refractivity contribution in [2.24, 2.45) is 0 Å². The molecule has 1 saturated heterocycles. The van der Waals surface area contributed by atoms with E-state index in [1.54, 1.807) is 7.11 Å². The molecule has 1 aliphatic heterocycles. The Morgan fingerprint density at radius 2 is 1.79 bits per heavy atom. The molecule has 2 atom stereocenters. The van der Waals surface area contributed by atoms with Crippen LogP contribution in [0.2, 0.25) is 5.02 Å². The van der Waals surface area contributed by atoms with Gasteiger partial charge in [0.2, 0.25) is 0 Å². The van der Waals surface area contributed by atoms with Crippen LogP contribution in [-0.4, -0.2) is 35.0 Å². The Labute approximate surface area is 234 Å². The third-order valence-corrected chi connectivity index (χ3v) is 7.59. The van der Waals surface area contributed by atoms with Gasteiger partial charge >= 0.3 is 0 Å². The minimum atomic E-state index is -0.147. The molecule has 8 heteroatoms. The molecule has 0 bridgehead atoms. The number of ether oxygens (including phenoxy) is 2. The molecule has 2 aromatic heterocycles. The van der Waals surface area contributed by atoms with E-state index in [4.69, 9.17) is 38.3 Å². The molecule has 0 spiro atoms. The summed E-state index contributed by atoms with van der Waals surface area (Å²) in [5.41, 5.74) is 7.68. The molecular weight excluding hydrogens is 516 g/mol. The largest absolute Gasteiger partial charge is 0.490 e. The molecule has 3 heterocycles. The van der Waals surface area contributed by atoms with Crippen molar-refractivity contribution in [3.63, 3.8) is 0 Å². The molecule has 196 valence electrons. The second-order valence-corrected chi connectivity index (χ2v) is 10.2. The van der Waals surface area contributed by atoms with Crippen molar-refractivity contribution < 1.29 is 9.47 Å². The molecule has 0 aliphatic carbocycles. The number of hydrogen-bond acceptors (Lipinski definition) is 4. The number of benzene rings is 2. The second kappa shape index (κ2) is 11.2. The van der Waals surface area contributed by atoms with Crippen molar-refractivity contribution in [1.29, 1.82) is 0 Å². The lowest BCUT2D eigenvalue weighted by atomic mass is 9.96. The van der Waals surface area contributed by atoms with Crippen LogP contribution in [0.25, 0.3) is 5.69 Å². The molecule has 1 aliphatic rings. The fraction of sp³-hybridized carbons (Fsp3) is 0.267. The normalized spacial score (nSPS) is 17.1. The van der Waals surface area contributed by atoms with Crippen LogP contribution in [0, 0.1) is 20.8 Å². The van der Waals surface area contributed by atoms with Gasteiger partial charge in [-0.15, -0.1) is 0 Å². The number of pyridine rings is 1. The average Bonchev–Trinajstić information content (AvgIpc) is 3.41. The minimum Gasteiger partial charge on any atom is -0.490 e. The summed E-state index contributed by atoms with van der Waals surface area (Å²) in [6, 6.07) is 22.2. The summed E-state index contributed by atoms with van der Waals surface area (Å²) in [6.07, 6.45) is 1.82. The summed E-state index contributed by atoms with van der Waals surface area (Å²) in [5, 5.41) is 4.69. The van der Waals surface area contributed by atoms with Crippen LogP contribution in [-0.2, 0) is 4.74 Å². The summed E-state index contributed by atoms with van der Waals surface area (Å²) in [5.74, 6) is 0.612. The van der Waals surface area contributed by atoms with Gasteiger partial charge in [0.1, 0.15) is 12.4 Å². The fourth-order valence-electron chi connectivity index (χ4n) is 5.21. The highest BCUT2D eigenvalue weighted by atomic mass is 35.5. The minimum absolute atomic E-state index is 0.141. The molecule has 2 aromatic carbocycles. The Kier molecular flexibility index (Phi) is 7.70. The van der Waals surface area contributed by atoms with E-state index < -0.39 is 0 Å². The fourth-order valence-corrected chi connectivity index (χ4v) is 5.79. The van der Waals surface area contributed by atoms with E-state index in [1.165, 1.54) is 16.8 Å². The van der Waals surface area contributed by atoms with Crippen LogP contribution >= 0.6 is 23.8 Å². The highest BCUT2D eigenvalue weighted by Gasteiger charge is 2.42. The Balaban J connectivity index is 1.61. The summed E-state index contributed by atoms with van der Waals surface area (Å²) >= 11 is 12.6. The van der Waals surface area contributed by atoms with Gasteiger partial charge in [-0.3, -0.25) is 4.98 Å². The second-order valence-electron chi connectivity index (χ2n) is 9.40. The van der Waals surface area contributed by atoms with Gasteiger partial charge < -0.3 is 24.3 Å². The monoisotopic (exact) mass is 546 g/mol. The number of hydrogen-bond donors (Lipinski definition) is 1. The molecule has 5 rings (SSSR count). The van der Waals surface area contributed by atoms with Crippen LogP contribution in [0.15, 0.2) is 72.9 Å². The summed E-state index contributed by atoms with van der Waals surface area (Å²) in [4.78, 5) is 6.83. The number of thiocarbonyl (C=S) groups is 1. The summed E-state index contributed by atoms with van der Waals surface area (Å²) in [6.45, 7) is 7.37. The van der Waals surface area contributed by atoms with Crippen molar-refractivity contribution in [2.45, 2.75) is 32.9 Å². The molecule has 0 unspecified atom stereocenters. The van der Waals surface area contributed by atoms with Crippen molar-refractivity contribution in [3.05, 3.63) is 106 Å². The van der Waals surface area contributed by atoms with Gasteiger partial charge in [0, 0.05) is 36.1 Å². The Morgan fingerprint density at radius 3 is 2.50 bits per heavy atom. The van der Waals surface area contributed by atoms with Crippen LogP contribution in [0.1, 0.15) is 40.3 Å². The Bertz CT molecular complexity index is 1460. The van der Waals surface area contributed by atoms with Gasteiger partial charge in [0.25, 0.3) is 0 Å². The standard InChI is InChI=1S/C30H31ClN4O2S/c1-19-9-5-6-11-26(19)34-20(2)17-23(21(34)3)29-28(25-10-7-8-14-32-25)33-30(38)35(29)22-12-13-27(24(31)18-22)37-16-15-36-4/h5-14,17-18,28-29H,15-16H2,1-4H3,(H,33,38)/t28-,29-/m1/s1. The highest BCUT2D eigenvalue weighted by Crippen LogP contribution is 2.45. The molecule has 1 fully saturated rings. The zero-order valence-corrected chi connectivity index (χ0v) is 23.5. The first kappa shape index (κ1) is 26.2. The van der Waals surface area contributed by atoms with E-state index in [2.05, 4.69) is 65.9 Å². The predicted molar refractivity (Wildman–Crippen MR) is 157 cm³/mol. The lowest BCUT2D eigenvalue weighted by Crippen LogP contribution is -2.29. The molecule has 4 aromatic rings. The van der Waals surface area contributed by atoms with E-state index in [0.29, 0.717) is 29.1 Å². The van der Waals surface area contributed by atoms with E-state index in [0.717, 1.165) is 22.8 Å². The van der Waals surface area contributed by atoms with Gasteiger partial charge in [-0.25, -0.2) is 0 Å². The first-order valence-electron chi connectivity index (χ1n) is 12.6. The molecule has 0 saturated carbocycles. The lowest BCUT2D eigenvalue weighted by Gasteiger charge is -2.28. The smallest absolute Gasteiger partial charge is 0.174 e. The third-order valence-electron chi connectivity index (χ3n) is 6.98. The molecule has 38 heavy (non-hydrogen) atoms. The number of anilines is 1. The van der Waals surface area contributed by atoms with Crippen molar-refractivity contribution in [2.75, 3.05) is 25.2 Å². The third kappa shape index (κ3) is 4.89. The van der Waals surface area contributed by atoms with Crippen molar-refractivity contribution in [1.82, 2.24) is 14.9 Å². The summed E-state index contributed by atoms with van der Waals surface area (Å²) in [7, 11) is 1.64. The number of aryl methyl sites for hydroxylation is 2. The zero-order chi connectivity index (χ0) is 26.8. The number of methoxy groups -OCH3 is 1. The van der Waals surface area contributed by atoms with E-state index >= 15 is 0 Å². The van der Waals surface area contributed by atoms with Crippen LogP contribution in [0.5, 0.6) is 5.75 Å². The number of nitrogens with zero attached hydrogens (tertiary/aromatic N) is 3. The summed E-state index contributed by atoms with van der Waals surface area (Å²) < 4.78 is 13.2.